The van der Waals surface area contributed by atoms with E-state index in [1.54, 1.807) is 0 Å². The maximum absolute atomic E-state index is 8.79. The Labute approximate surface area is 117 Å². The molecule has 104 valence electrons. The molecule has 0 aromatic heterocycles. The van der Waals surface area contributed by atoms with E-state index in [0.717, 1.165) is 19.6 Å². The molecule has 1 aromatic carbocycles. The van der Waals surface area contributed by atoms with Gasteiger partial charge in [0.05, 0.1) is 11.6 Å². The topological polar surface area (TPSA) is 39.1 Å². The van der Waals surface area contributed by atoms with E-state index in [-0.39, 0.29) is 0 Å². The van der Waals surface area contributed by atoms with Crippen LogP contribution in [-0.4, -0.2) is 30.6 Å². The van der Waals surface area contributed by atoms with E-state index in [1.165, 1.54) is 5.56 Å². The molecule has 0 spiro atoms. The van der Waals surface area contributed by atoms with Gasteiger partial charge in [-0.3, -0.25) is 0 Å². The molecule has 0 radical (unpaired) electrons. The Hall–Kier alpha value is -1.37. The van der Waals surface area contributed by atoms with Crippen molar-refractivity contribution in [2.75, 3.05) is 19.6 Å². The van der Waals surface area contributed by atoms with Crippen molar-refractivity contribution < 1.29 is 0 Å². The highest BCUT2D eigenvalue weighted by Gasteiger charge is 2.11. The molecular formula is C16H25N3. The monoisotopic (exact) mass is 259 g/mol. The third-order valence-corrected chi connectivity index (χ3v) is 3.50. The summed E-state index contributed by atoms with van der Waals surface area (Å²) in [6.07, 6.45) is 0. The van der Waals surface area contributed by atoms with Crippen molar-refractivity contribution in [2.45, 2.75) is 39.8 Å². The first-order valence-electron chi connectivity index (χ1n) is 7.09. The molecule has 1 N–H and O–H groups in total. The maximum Gasteiger partial charge on any atom is 0.0991 e. The molecule has 2 atom stereocenters. The number of hydrogen-bond donors (Lipinski definition) is 1. The fourth-order valence-corrected chi connectivity index (χ4v) is 2.29. The SMILES string of the molecule is CCN(CC)CC(C)NC(C)c1ccc(C#N)cc1. The lowest BCUT2D eigenvalue weighted by molar-refractivity contribution is 0.264. The Morgan fingerprint density at radius 2 is 1.74 bits per heavy atom. The minimum Gasteiger partial charge on any atom is -0.306 e. The largest absolute Gasteiger partial charge is 0.306 e. The van der Waals surface area contributed by atoms with Gasteiger partial charge in [-0.1, -0.05) is 26.0 Å². The van der Waals surface area contributed by atoms with E-state index in [9.17, 15) is 0 Å². The van der Waals surface area contributed by atoms with Crippen molar-refractivity contribution in [1.82, 2.24) is 10.2 Å². The van der Waals surface area contributed by atoms with Crippen LogP contribution in [0.5, 0.6) is 0 Å². The molecule has 2 unspecified atom stereocenters. The van der Waals surface area contributed by atoms with Crippen LogP contribution in [0.25, 0.3) is 0 Å². The summed E-state index contributed by atoms with van der Waals surface area (Å²) in [6, 6.07) is 10.7. The highest BCUT2D eigenvalue weighted by Crippen LogP contribution is 2.14. The number of likely N-dealkylation sites (N-methyl/N-ethyl adjacent to an activating group) is 1. The minimum absolute atomic E-state index is 0.304. The van der Waals surface area contributed by atoms with Gasteiger partial charge < -0.3 is 10.2 Å². The molecule has 0 saturated carbocycles. The highest BCUT2D eigenvalue weighted by atomic mass is 15.1. The minimum atomic E-state index is 0.304. The zero-order valence-electron chi connectivity index (χ0n) is 12.5. The molecule has 0 bridgehead atoms. The van der Waals surface area contributed by atoms with E-state index in [0.29, 0.717) is 17.6 Å². The zero-order chi connectivity index (χ0) is 14.3. The lowest BCUT2D eigenvalue weighted by Crippen LogP contribution is -2.40. The van der Waals surface area contributed by atoms with Crippen LogP contribution in [0.4, 0.5) is 0 Å². The van der Waals surface area contributed by atoms with Crippen LogP contribution in [0.2, 0.25) is 0 Å². The first-order chi connectivity index (χ1) is 9.10. The molecule has 19 heavy (non-hydrogen) atoms. The Kier molecular flexibility index (Phi) is 6.55. The van der Waals surface area contributed by atoms with E-state index >= 15 is 0 Å². The fraction of sp³-hybridized carbons (Fsp3) is 0.562. The molecule has 1 aromatic rings. The second-order valence-electron chi connectivity index (χ2n) is 5.01. The van der Waals surface area contributed by atoms with Crippen LogP contribution in [0.1, 0.15) is 44.9 Å². The van der Waals surface area contributed by atoms with Gasteiger partial charge in [-0.25, -0.2) is 0 Å². The lowest BCUT2D eigenvalue weighted by Gasteiger charge is -2.26. The average Bonchev–Trinajstić information content (AvgIpc) is 2.44. The molecule has 3 nitrogen and oxygen atoms in total. The van der Waals surface area contributed by atoms with Crippen LogP contribution in [0.3, 0.4) is 0 Å². The number of benzene rings is 1. The van der Waals surface area contributed by atoms with E-state index in [4.69, 9.17) is 5.26 Å². The Balaban J connectivity index is 2.53. The van der Waals surface area contributed by atoms with Crippen molar-refractivity contribution in [3.05, 3.63) is 35.4 Å². The standard InChI is InChI=1S/C16H25N3/c1-5-19(6-2)12-13(3)18-14(4)16-9-7-15(11-17)8-10-16/h7-10,13-14,18H,5-6,12H2,1-4H3. The van der Waals surface area contributed by atoms with Crippen LogP contribution in [0.15, 0.2) is 24.3 Å². The van der Waals surface area contributed by atoms with E-state index in [1.807, 2.05) is 24.3 Å². The van der Waals surface area contributed by atoms with Gasteiger partial charge in [-0.2, -0.15) is 5.26 Å². The van der Waals surface area contributed by atoms with Crippen LogP contribution < -0.4 is 5.32 Å². The van der Waals surface area contributed by atoms with E-state index < -0.39 is 0 Å². The maximum atomic E-state index is 8.79. The molecule has 0 saturated heterocycles. The number of rotatable bonds is 7. The van der Waals surface area contributed by atoms with Crippen molar-refractivity contribution in [1.29, 1.82) is 5.26 Å². The fourth-order valence-electron chi connectivity index (χ4n) is 2.29. The normalized spacial score (nSPS) is 14.1. The molecule has 0 amide bonds. The number of nitrogens with zero attached hydrogens (tertiary/aromatic N) is 2. The summed E-state index contributed by atoms with van der Waals surface area (Å²) < 4.78 is 0. The predicted molar refractivity (Wildman–Crippen MR) is 80.0 cm³/mol. The Morgan fingerprint density at radius 3 is 2.21 bits per heavy atom. The van der Waals surface area contributed by atoms with Crippen LogP contribution in [-0.2, 0) is 0 Å². The molecule has 1 rings (SSSR count). The third kappa shape index (κ3) is 5.02. The molecule has 0 aliphatic rings. The van der Waals surface area contributed by atoms with Gasteiger partial charge >= 0.3 is 0 Å². The van der Waals surface area contributed by atoms with Gasteiger partial charge in [-0.15, -0.1) is 0 Å². The summed E-state index contributed by atoms with van der Waals surface area (Å²) in [5, 5.41) is 12.4. The third-order valence-electron chi connectivity index (χ3n) is 3.50. The zero-order valence-corrected chi connectivity index (χ0v) is 12.5. The van der Waals surface area contributed by atoms with Crippen molar-refractivity contribution >= 4 is 0 Å². The first kappa shape index (κ1) is 15.7. The summed E-state index contributed by atoms with van der Waals surface area (Å²) in [7, 11) is 0. The van der Waals surface area contributed by atoms with Gasteiger partial charge in [0.25, 0.3) is 0 Å². The molecule has 0 heterocycles. The van der Waals surface area contributed by atoms with E-state index in [2.05, 4.69) is 44.0 Å². The number of nitrogens with one attached hydrogen (secondary N) is 1. The second-order valence-corrected chi connectivity index (χ2v) is 5.01. The second kappa shape index (κ2) is 7.93. The summed E-state index contributed by atoms with van der Waals surface area (Å²) in [5.41, 5.74) is 1.94. The van der Waals surface area contributed by atoms with Crippen LogP contribution in [0, 0.1) is 11.3 Å². The summed E-state index contributed by atoms with van der Waals surface area (Å²) in [5.74, 6) is 0. The van der Waals surface area contributed by atoms with Crippen molar-refractivity contribution in [2.24, 2.45) is 0 Å². The quantitative estimate of drug-likeness (QED) is 0.818. The van der Waals surface area contributed by atoms with Gasteiger partial charge in [0.1, 0.15) is 0 Å². The Bertz CT molecular complexity index is 401. The van der Waals surface area contributed by atoms with Gasteiger partial charge in [-0.05, 0) is 44.6 Å². The highest BCUT2D eigenvalue weighted by molar-refractivity contribution is 5.32. The molecule has 0 aliphatic heterocycles. The predicted octanol–water partition coefficient (Wildman–Crippen LogP) is 2.94. The summed E-state index contributed by atoms with van der Waals surface area (Å²) >= 11 is 0. The number of nitriles is 1. The average molecular weight is 259 g/mol. The number of hydrogen-bond acceptors (Lipinski definition) is 3. The smallest absolute Gasteiger partial charge is 0.0991 e. The molecular weight excluding hydrogens is 234 g/mol. The van der Waals surface area contributed by atoms with Gasteiger partial charge in [0.2, 0.25) is 0 Å². The van der Waals surface area contributed by atoms with Gasteiger partial charge in [0.15, 0.2) is 0 Å². The first-order valence-corrected chi connectivity index (χ1v) is 7.09. The molecule has 3 heteroatoms. The molecule has 0 fully saturated rings. The molecule has 0 aliphatic carbocycles. The summed E-state index contributed by atoms with van der Waals surface area (Å²) in [6.45, 7) is 12.0. The Morgan fingerprint density at radius 1 is 1.16 bits per heavy atom. The van der Waals surface area contributed by atoms with Crippen LogP contribution >= 0.6 is 0 Å². The van der Waals surface area contributed by atoms with Gasteiger partial charge in [0, 0.05) is 18.6 Å². The lowest BCUT2D eigenvalue weighted by atomic mass is 10.1. The van der Waals surface area contributed by atoms with Crippen molar-refractivity contribution in [3.8, 4) is 6.07 Å². The van der Waals surface area contributed by atoms with Crippen molar-refractivity contribution in [3.63, 3.8) is 0 Å². The summed E-state index contributed by atoms with van der Waals surface area (Å²) in [4.78, 5) is 2.42.